The third-order valence-electron chi connectivity index (χ3n) is 6.01. The van der Waals surface area contributed by atoms with E-state index in [1.807, 2.05) is 17.2 Å². The Kier molecular flexibility index (Phi) is 7.58. The number of ether oxygens (including phenoxy) is 2. The number of carbonyl (C=O) groups is 1. The van der Waals surface area contributed by atoms with Gasteiger partial charge in [-0.05, 0) is 25.8 Å². The fourth-order valence-electron chi connectivity index (χ4n) is 4.31. The van der Waals surface area contributed by atoms with Crippen molar-refractivity contribution >= 4 is 17.7 Å². The number of anilines is 1. The molecule has 3 fully saturated rings. The van der Waals surface area contributed by atoms with Gasteiger partial charge in [-0.3, -0.25) is 4.79 Å². The second-order valence-electron chi connectivity index (χ2n) is 8.07. The van der Waals surface area contributed by atoms with Gasteiger partial charge in [0.05, 0.1) is 19.8 Å². The number of aliphatic imine (C=N–C) groups is 1. The quantitative estimate of drug-likeness (QED) is 0.544. The highest BCUT2D eigenvalue weighted by Crippen LogP contribution is 2.20. The molecule has 1 aromatic rings. The van der Waals surface area contributed by atoms with Gasteiger partial charge in [-0.2, -0.15) is 0 Å². The summed E-state index contributed by atoms with van der Waals surface area (Å²) >= 11 is 0. The molecule has 3 aliphatic rings. The van der Waals surface area contributed by atoms with Crippen LogP contribution < -0.4 is 10.2 Å². The van der Waals surface area contributed by atoms with Gasteiger partial charge in [-0.15, -0.1) is 0 Å². The minimum Gasteiger partial charge on any atom is -0.378 e. The summed E-state index contributed by atoms with van der Waals surface area (Å²) in [7, 11) is 0. The molecule has 1 aromatic heterocycles. The van der Waals surface area contributed by atoms with Crippen LogP contribution in [0.5, 0.6) is 0 Å². The Balaban J connectivity index is 1.38. The zero-order valence-corrected chi connectivity index (χ0v) is 18.5. The van der Waals surface area contributed by atoms with Crippen molar-refractivity contribution in [2.24, 2.45) is 4.99 Å². The van der Waals surface area contributed by atoms with Crippen LogP contribution in [-0.2, 0) is 20.8 Å². The lowest BCUT2D eigenvalue weighted by molar-refractivity contribution is -0.142. The summed E-state index contributed by atoms with van der Waals surface area (Å²) in [6, 6.07) is 4.07. The van der Waals surface area contributed by atoms with Gasteiger partial charge < -0.3 is 29.5 Å². The number of carbonyl (C=O) groups excluding carboxylic acids is 1. The van der Waals surface area contributed by atoms with E-state index in [1.165, 1.54) is 0 Å². The maximum absolute atomic E-state index is 12.6. The lowest BCUT2D eigenvalue weighted by Gasteiger charge is -2.37. The average Bonchev–Trinajstić information content (AvgIpc) is 3.37. The number of nitrogens with zero attached hydrogens (tertiary/aromatic N) is 5. The molecular formula is C22H34N6O3. The number of piperazine rings is 1. The van der Waals surface area contributed by atoms with E-state index >= 15 is 0 Å². The molecule has 0 aliphatic carbocycles. The number of amides is 1. The van der Waals surface area contributed by atoms with Crippen molar-refractivity contribution in [1.82, 2.24) is 20.1 Å². The van der Waals surface area contributed by atoms with E-state index in [4.69, 9.17) is 14.5 Å². The number of pyridine rings is 1. The molecule has 1 atom stereocenters. The third kappa shape index (κ3) is 5.46. The van der Waals surface area contributed by atoms with Crippen LogP contribution in [0.15, 0.2) is 23.3 Å². The van der Waals surface area contributed by atoms with Crippen molar-refractivity contribution in [3.8, 4) is 0 Å². The monoisotopic (exact) mass is 430 g/mol. The highest BCUT2D eigenvalue weighted by atomic mass is 16.5. The van der Waals surface area contributed by atoms with Crippen molar-refractivity contribution < 1.29 is 14.3 Å². The predicted molar refractivity (Wildman–Crippen MR) is 119 cm³/mol. The van der Waals surface area contributed by atoms with E-state index in [0.29, 0.717) is 26.2 Å². The summed E-state index contributed by atoms with van der Waals surface area (Å²) < 4.78 is 11.0. The largest absolute Gasteiger partial charge is 0.378 e. The van der Waals surface area contributed by atoms with E-state index in [1.54, 1.807) is 0 Å². The molecule has 4 rings (SSSR count). The van der Waals surface area contributed by atoms with Crippen LogP contribution in [0, 0.1) is 0 Å². The molecule has 0 saturated carbocycles. The average molecular weight is 431 g/mol. The summed E-state index contributed by atoms with van der Waals surface area (Å²) in [5.41, 5.74) is 1.12. The highest BCUT2D eigenvalue weighted by Gasteiger charge is 2.31. The number of hydrogen-bond acceptors (Lipinski definition) is 6. The van der Waals surface area contributed by atoms with E-state index < -0.39 is 0 Å². The van der Waals surface area contributed by atoms with Crippen LogP contribution in [0.2, 0.25) is 0 Å². The summed E-state index contributed by atoms with van der Waals surface area (Å²) in [4.78, 5) is 28.6. The topological polar surface area (TPSA) is 82.5 Å². The van der Waals surface area contributed by atoms with Gasteiger partial charge in [0.2, 0.25) is 0 Å². The van der Waals surface area contributed by atoms with Gasteiger partial charge in [-0.25, -0.2) is 9.98 Å². The molecule has 3 saturated heterocycles. The first-order chi connectivity index (χ1) is 15.3. The Labute approximate surface area is 184 Å². The number of morpholine rings is 1. The zero-order chi connectivity index (χ0) is 21.5. The standard InChI is InChI=1S/C22H34N6O3/c1-2-23-22(28-10-8-27(9-11-28)21(29)19-6-4-14-31-19)25-17-18-5-3-7-24-20(18)26-12-15-30-16-13-26/h3,5,7,19H,2,4,6,8-17H2,1H3,(H,23,25). The van der Waals surface area contributed by atoms with Gasteiger partial charge in [0, 0.05) is 64.2 Å². The summed E-state index contributed by atoms with van der Waals surface area (Å²) in [6.45, 7) is 10.3. The molecule has 4 heterocycles. The number of hydrogen-bond donors (Lipinski definition) is 1. The Morgan fingerprint density at radius 2 is 1.94 bits per heavy atom. The molecular weight excluding hydrogens is 396 g/mol. The molecule has 0 radical (unpaired) electrons. The lowest BCUT2D eigenvalue weighted by atomic mass is 10.2. The van der Waals surface area contributed by atoms with Gasteiger partial charge in [0.15, 0.2) is 5.96 Å². The van der Waals surface area contributed by atoms with Gasteiger partial charge in [0.1, 0.15) is 11.9 Å². The number of nitrogens with one attached hydrogen (secondary N) is 1. The Morgan fingerprint density at radius 3 is 2.65 bits per heavy atom. The second kappa shape index (κ2) is 10.8. The zero-order valence-electron chi connectivity index (χ0n) is 18.5. The first-order valence-electron chi connectivity index (χ1n) is 11.5. The summed E-state index contributed by atoms with van der Waals surface area (Å²) in [5, 5.41) is 3.41. The van der Waals surface area contributed by atoms with Crippen LogP contribution in [-0.4, -0.2) is 98.4 Å². The van der Waals surface area contributed by atoms with Crippen molar-refractivity contribution in [3.05, 3.63) is 23.9 Å². The molecule has 1 amide bonds. The van der Waals surface area contributed by atoms with E-state index in [9.17, 15) is 4.79 Å². The fraction of sp³-hybridized carbons (Fsp3) is 0.682. The highest BCUT2D eigenvalue weighted by molar-refractivity contribution is 5.83. The normalized spacial score (nSPS) is 22.7. The van der Waals surface area contributed by atoms with Crippen LogP contribution in [0.25, 0.3) is 0 Å². The van der Waals surface area contributed by atoms with Crippen LogP contribution in [0.3, 0.4) is 0 Å². The van der Waals surface area contributed by atoms with Crippen LogP contribution >= 0.6 is 0 Å². The van der Waals surface area contributed by atoms with Crippen LogP contribution in [0.1, 0.15) is 25.3 Å². The molecule has 0 bridgehead atoms. The Morgan fingerprint density at radius 1 is 1.16 bits per heavy atom. The van der Waals surface area contributed by atoms with Gasteiger partial charge >= 0.3 is 0 Å². The molecule has 3 aliphatic heterocycles. The first-order valence-corrected chi connectivity index (χ1v) is 11.5. The van der Waals surface area contributed by atoms with Gasteiger partial charge in [0.25, 0.3) is 5.91 Å². The fourth-order valence-corrected chi connectivity index (χ4v) is 4.31. The number of aromatic nitrogens is 1. The minimum atomic E-state index is -0.238. The first kappa shape index (κ1) is 21.8. The molecule has 1 N–H and O–H groups in total. The Bertz CT molecular complexity index is 753. The van der Waals surface area contributed by atoms with Crippen molar-refractivity contribution in [1.29, 1.82) is 0 Å². The molecule has 0 spiro atoms. The lowest BCUT2D eigenvalue weighted by Crippen LogP contribution is -2.55. The van der Waals surface area contributed by atoms with Crippen molar-refractivity contribution in [2.75, 3.05) is 70.5 Å². The van der Waals surface area contributed by atoms with E-state index in [2.05, 4.69) is 33.1 Å². The Hall–Kier alpha value is -2.39. The minimum absolute atomic E-state index is 0.143. The van der Waals surface area contributed by atoms with Crippen molar-refractivity contribution in [3.63, 3.8) is 0 Å². The second-order valence-corrected chi connectivity index (χ2v) is 8.07. The smallest absolute Gasteiger partial charge is 0.251 e. The maximum Gasteiger partial charge on any atom is 0.251 e. The summed E-state index contributed by atoms with van der Waals surface area (Å²) in [5.74, 6) is 2.03. The van der Waals surface area contributed by atoms with Crippen LogP contribution in [0.4, 0.5) is 5.82 Å². The summed E-state index contributed by atoms with van der Waals surface area (Å²) in [6.07, 6.45) is 3.43. The third-order valence-corrected chi connectivity index (χ3v) is 6.01. The molecule has 170 valence electrons. The predicted octanol–water partition coefficient (Wildman–Crippen LogP) is 0.707. The SMILES string of the molecule is CCNC(=NCc1cccnc1N1CCOCC1)N1CCN(C(=O)C2CCCO2)CC1. The van der Waals surface area contributed by atoms with Gasteiger partial charge in [-0.1, -0.05) is 6.07 Å². The maximum atomic E-state index is 12.6. The molecule has 0 aromatic carbocycles. The molecule has 31 heavy (non-hydrogen) atoms. The van der Waals surface area contributed by atoms with Crippen molar-refractivity contribution in [2.45, 2.75) is 32.4 Å². The number of guanidine groups is 1. The number of rotatable bonds is 5. The molecule has 9 heteroatoms. The van der Waals surface area contributed by atoms with E-state index in [0.717, 1.165) is 76.1 Å². The van der Waals surface area contributed by atoms with E-state index in [-0.39, 0.29) is 12.0 Å². The molecule has 9 nitrogen and oxygen atoms in total. The molecule has 1 unspecified atom stereocenters.